The van der Waals surface area contributed by atoms with Gasteiger partial charge in [0.25, 0.3) is 0 Å². The van der Waals surface area contributed by atoms with E-state index >= 15 is 0 Å². The summed E-state index contributed by atoms with van der Waals surface area (Å²) in [6.07, 6.45) is 3.45. The third-order valence-corrected chi connectivity index (χ3v) is 2.32. The Morgan fingerprint density at radius 3 is 2.90 bits per heavy atom. The molecule has 0 atom stereocenters. The van der Waals surface area contributed by atoms with E-state index in [1.807, 2.05) is 0 Å². The van der Waals surface area contributed by atoms with Crippen LogP contribution in [-0.4, -0.2) is 29.8 Å². The fraction of sp³-hybridized carbons (Fsp3) is 0.714. The maximum Gasteiger partial charge on any atom is 0.0973 e. The fourth-order valence-electron chi connectivity index (χ4n) is 1.37. The minimum Gasteiger partial charge on any atom is -0.372 e. The summed E-state index contributed by atoms with van der Waals surface area (Å²) < 4.78 is 0. The summed E-state index contributed by atoms with van der Waals surface area (Å²) in [5, 5.41) is 3.93. The highest BCUT2D eigenvalue weighted by Crippen LogP contribution is 2.19. The van der Waals surface area contributed by atoms with Crippen LogP contribution >= 0.6 is 12.6 Å². The van der Waals surface area contributed by atoms with Crippen LogP contribution in [0.15, 0.2) is 11.9 Å². The van der Waals surface area contributed by atoms with E-state index in [-0.39, 0.29) is 0 Å². The Bertz CT molecular complexity index is 161. The third-order valence-electron chi connectivity index (χ3n) is 1.99. The molecule has 2 nitrogen and oxygen atoms in total. The van der Waals surface area contributed by atoms with Gasteiger partial charge in [-0.3, -0.25) is 0 Å². The SMILES string of the molecule is SC1CN(C2=CCCN2)C1. The Morgan fingerprint density at radius 1 is 1.60 bits per heavy atom. The molecule has 56 valence electrons. The molecule has 2 heterocycles. The maximum atomic E-state index is 4.34. The second-order valence-electron chi connectivity index (χ2n) is 2.86. The van der Waals surface area contributed by atoms with Gasteiger partial charge >= 0.3 is 0 Å². The van der Waals surface area contributed by atoms with Crippen molar-refractivity contribution >= 4 is 12.6 Å². The van der Waals surface area contributed by atoms with Crippen LogP contribution in [0.1, 0.15) is 6.42 Å². The summed E-state index contributed by atoms with van der Waals surface area (Å²) in [4.78, 5) is 2.34. The van der Waals surface area contributed by atoms with E-state index in [1.165, 1.54) is 12.2 Å². The number of hydrogen-bond acceptors (Lipinski definition) is 3. The van der Waals surface area contributed by atoms with Gasteiger partial charge < -0.3 is 10.2 Å². The predicted molar refractivity (Wildman–Crippen MR) is 45.0 cm³/mol. The van der Waals surface area contributed by atoms with E-state index in [9.17, 15) is 0 Å². The van der Waals surface area contributed by atoms with Gasteiger partial charge in [-0.2, -0.15) is 12.6 Å². The van der Waals surface area contributed by atoms with Gasteiger partial charge in [-0.25, -0.2) is 0 Å². The van der Waals surface area contributed by atoms with Crippen molar-refractivity contribution in [3.8, 4) is 0 Å². The van der Waals surface area contributed by atoms with Crippen molar-refractivity contribution in [3.63, 3.8) is 0 Å². The highest BCUT2D eigenvalue weighted by atomic mass is 32.1. The molecule has 0 aromatic heterocycles. The molecule has 0 unspecified atom stereocenters. The van der Waals surface area contributed by atoms with E-state index in [0.717, 1.165) is 19.6 Å². The molecule has 0 bridgehead atoms. The van der Waals surface area contributed by atoms with Crippen molar-refractivity contribution < 1.29 is 0 Å². The van der Waals surface area contributed by atoms with Crippen LogP contribution in [0, 0.1) is 0 Å². The lowest BCUT2D eigenvalue weighted by Gasteiger charge is -2.39. The molecule has 0 aromatic rings. The van der Waals surface area contributed by atoms with E-state index in [4.69, 9.17) is 0 Å². The number of rotatable bonds is 1. The van der Waals surface area contributed by atoms with Crippen LogP contribution in [-0.2, 0) is 0 Å². The Balaban J connectivity index is 1.89. The minimum absolute atomic E-state index is 0.600. The zero-order valence-electron chi connectivity index (χ0n) is 5.88. The Hall–Kier alpha value is -0.310. The van der Waals surface area contributed by atoms with Gasteiger partial charge in [-0.15, -0.1) is 0 Å². The number of nitrogens with one attached hydrogen (secondary N) is 1. The highest BCUT2D eigenvalue weighted by Gasteiger charge is 2.25. The number of likely N-dealkylation sites (tertiary alicyclic amines) is 1. The summed E-state index contributed by atoms with van der Waals surface area (Å²) in [7, 11) is 0. The van der Waals surface area contributed by atoms with Crippen molar-refractivity contribution in [1.29, 1.82) is 0 Å². The second-order valence-corrected chi connectivity index (χ2v) is 3.59. The first kappa shape index (κ1) is 6.40. The molecule has 3 heteroatoms. The minimum atomic E-state index is 0.600. The van der Waals surface area contributed by atoms with E-state index in [2.05, 4.69) is 28.9 Å². The monoisotopic (exact) mass is 156 g/mol. The van der Waals surface area contributed by atoms with Crippen molar-refractivity contribution in [1.82, 2.24) is 10.2 Å². The topological polar surface area (TPSA) is 15.3 Å². The van der Waals surface area contributed by atoms with Crippen molar-refractivity contribution in [2.75, 3.05) is 19.6 Å². The average Bonchev–Trinajstić information content (AvgIpc) is 2.31. The molecule has 0 radical (unpaired) electrons. The largest absolute Gasteiger partial charge is 0.372 e. The second kappa shape index (κ2) is 2.38. The van der Waals surface area contributed by atoms with Crippen LogP contribution in [0.3, 0.4) is 0 Å². The summed E-state index contributed by atoms with van der Waals surface area (Å²) in [5.41, 5.74) is 0. The van der Waals surface area contributed by atoms with Crippen LogP contribution in [0.5, 0.6) is 0 Å². The predicted octanol–water partition coefficient (Wildman–Crippen LogP) is 0.435. The molecule has 2 rings (SSSR count). The Labute approximate surface area is 66.7 Å². The van der Waals surface area contributed by atoms with Crippen LogP contribution < -0.4 is 5.32 Å². The summed E-state index contributed by atoms with van der Waals surface area (Å²) in [5.74, 6) is 1.32. The zero-order chi connectivity index (χ0) is 6.97. The standard InChI is InChI=1S/C7H12N2S/c10-6-4-9(5-6)7-2-1-3-8-7/h2,6,8,10H,1,3-5H2. The van der Waals surface area contributed by atoms with Gasteiger partial charge in [0, 0.05) is 24.9 Å². The summed E-state index contributed by atoms with van der Waals surface area (Å²) in [6.45, 7) is 3.34. The van der Waals surface area contributed by atoms with Gasteiger partial charge in [0.15, 0.2) is 0 Å². The molecule has 2 aliphatic heterocycles. The lowest BCUT2D eigenvalue weighted by atomic mass is 10.2. The number of hydrogen-bond donors (Lipinski definition) is 2. The van der Waals surface area contributed by atoms with E-state index < -0.39 is 0 Å². The van der Waals surface area contributed by atoms with Gasteiger partial charge in [0.2, 0.25) is 0 Å². The third kappa shape index (κ3) is 0.985. The van der Waals surface area contributed by atoms with Gasteiger partial charge in [0.05, 0.1) is 5.82 Å². The fourth-order valence-corrected chi connectivity index (χ4v) is 1.77. The van der Waals surface area contributed by atoms with Crippen molar-refractivity contribution in [2.45, 2.75) is 11.7 Å². The normalized spacial score (nSPS) is 25.7. The average molecular weight is 156 g/mol. The first-order valence-electron chi connectivity index (χ1n) is 3.73. The molecule has 1 fully saturated rings. The Kier molecular flexibility index (Phi) is 1.52. The van der Waals surface area contributed by atoms with Crippen LogP contribution in [0.25, 0.3) is 0 Å². The molecule has 0 aliphatic carbocycles. The first-order chi connectivity index (χ1) is 4.86. The Morgan fingerprint density at radius 2 is 2.40 bits per heavy atom. The quantitative estimate of drug-likeness (QED) is 0.535. The van der Waals surface area contributed by atoms with Gasteiger partial charge in [0.1, 0.15) is 0 Å². The van der Waals surface area contributed by atoms with Gasteiger partial charge in [-0.05, 0) is 12.5 Å². The van der Waals surface area contributed by atoms with E-state index in [0.29, 0.717) is 5.25 Å². The summed E-state index contributed by atoms with van der Waals surface area (Å²) in [6, 6.07) is 0. The molecule has 1 N–H and O–H groups in total. The molecule has 2 aliphatic rings. The van der Waals surface area contributed by atoms with Crippen molar-refractivity contribution in [2.24, 2.45) is 0 Å². The van der Waals surface area contributed by atoms with E-state index in [1.54, 1.807) is 0 Å². The lowest BCUT2D eigenvalue weighted by molar-refractivity contribution is 0.237. The lowest BCUT2D eigenvalue weighted by Crippen LogP contribution is -2.49. The van der Waals surface area contributed by atoms with Crippen molar-refractivity contribution in [3.05, 3.63) is 11.9 Å². The molecular weight excluding hydrogens is 144 g/mol. The smallest absolute Gasteiger partial charge is 0.0973 e. The molecule has 0 amide bonds. The zero-order valence-corrected chi connectivity index (χ0v) is 6.77. The van der Waals surface area contributed by atoms with Crippen LogP contribution in [0.4, 0.5) is 0 Å². The molecule has 0 aromatic carbocycles. The molecule has 1 saturated heterocycles. The molecular formula is C7H12N2S. The maximum absolute atomic E-state index is 4.34. The molecule has 0 saturated carbocycles. The summed E-state index contributed by atoms with van der Waals surface area (Å²) >= 11 is 4.34. The molecule has 10 heavy (non-hydrogen) atoms. The number of nitrogens with zero attached hydrogens (tertiary/aromatic N) is 1. The van der Waals surface area contributed by atoms with Crippen LogP contribution in [0.2, 0.25) is 0 Å². The highest BCUT2D eigenvalue weighted by molar-refractivity contribution is 7.81. The van der Waals surface area contributed by atoms with Gasteiger partial charge in [-0.1, -0.05) is 0 Å². The first-order valence-corrected chi connectivity index (χ1v) is 4.25. The number of thiol groups is 1. The molecule has 0 spiro atoms.